The van der Waals surface area contributed by atoms with E-state index in [9.17, 15) is 5.11 Å². The number of aromatic nitrogens is 5. The predicted octanol–water partition coefficient (Wildman–Crippen LogP) is 2.43. The summed E-state index contributed by atoms with van der Waals surface area (Å²) in [6.07, 6.45) is 3.94. The maximum Gasteiger partial charge on any atom is 0.227 e. The van der Waals surface area contributed by atoms with Gasteiger partial charge in [0.25, 0.3) is 0 Å². The summed E-state index contributed by atoms with van der Waals surface area (Å²) < 4.78 is 2.19. The summed E-state index contributed by atoms with van der Waals surface area (Å²) >= 11 is 0. The second-order valence-electron chi connectivity index (χ2n) is 6.94. The van der Waals surface area contributed by atoms with Crippen molar-refractivity contribution in [3.63, 3.8) is 0 Å². The van der Waals surface area contributed by atoms with Crippen LogP contribution in [0, 0.1) is 6.92 Å². The molecule has 2 N–H and O–H groups in total. The van der Waals surface area contributed by atoms with E-state index >= 15 is 0 Å². The minimum absolute atomic E-state index is 0.307. The van der Waals surface area contributed by atoms with Crippen molar-refractivity contribution in [3.8, 4) is 0 Å². The third-order valence-corrected chi connectivity index (χ3v) is 4.61. The molecule has 0 radical (unpaired) electrons. The molecule has 1 fully saturated rings. The van der Waals surface area contributed by atoms with E-state index in [2.05, 4.69) is 43.7 Å². The number of aliphatic hydroxyl groups excluding tert-OH is 1. The molecule has 26 heavy (non-hydrogen) atoms. The van der Waals surface area contributed by atoms with Crippen LogP contribution in [-0.4, -0.2) is 48.8 Å². The van der Waals surface area contributed by atoms with Crippen molar-refractivity contribution in [2.75, 3.05) is 23.3 Å². The third-order valence-electron chi connectivity index (χ3n) is 4.61. The average Bonchev–Trinajstić information content (AvgIpc) is 3.17. The monoisotopic (exact) mass is 353 g/mol. The van der Waals surface area contributed by atoms with Gasteiger partial charge in [-0.25, -0.2) is 15.0 Å². The van der Waals surface area contributed by atoms with Gasteiger partial charge in [0.15, 0.2) is 0 Å². The van der Waals surface area contributed by atoms with Crippen molar-refractivity contribution >= 4 is 28.6 Å². The van der Waals surface area contributed by atoms with E-state index < -0.39 is 0 Å². The lowest BCUT2D eigenvalue weighted by atomic mass is 10.3. The molecule has 0 amide bonds. The molecular weight excluding hydrogens is 330 g/mol. The summed E-state index contributed by atoms with van der Waals surface area (Å²) in [4.78, 5) is 19.9. The van der Waals surface area contributed by atoms with Crippen molar-refractivity contribution in [2.24, 2.45) is 0 Å². The fraction of sp³-hybridized carbons (Fsp3) is 0.444. The summed E-state index contributed by atoms with van der Waals surface area (Å²) in [5.41, 5.74) is 1.93. The molecule has 4 heterocycles. The largest absolute Gasteiger partial charge is 0.391 e. The zero-order valence-corrected chi connectivity index (χ0v) is 15.2. The molecule has 1 saturated heterocycles. The summed E-state index contributed by atoms with van der Waals surface area (Å²) in [7, 11) is 0. The van der Waals surface area contributed by atoms with Crippen LogP contribution < -0.4 is 10.2 Å². The molecule has 3 aromatic heterocycles. The van der Waals surface area contributed by atoms with Crippen LogP contribution in [0.2, 0.25) is 0 Å². The van der Waals surface area contributed by atoms with Crippen LogP contribution in [-0.2, 0) is 0 Å². The van der Waals surface area contributed by atoms with Crippen LogP contribution in [0.5, 0.6) is 0 Å². The predicted molar refractivity (Wildman–Crippen MR) is 101 cm³/mol. The Morgan fingerprint density at radius 1 is 1.23 bits per heavy atom. The van der Waals surface area contributed by atoms with Gasteiger partial charge in [0.1, 0.15) is 23.0 Å². The van der Waals surface area contributed by atoms with Crippen molar-refractivity contribution in [3.05, 3.63) is 30.4 Å². The van der Waals surface area contributed by atoms with Gasteiger partial charge >= 0.3 is 0 Å². The number of rotatable bonds is 4. The molecule has 0 aromatic carbocycles. The minimum atomic E-state index is -0.307. The molecule has 8 heteroatoms. The Labute approximate surface area is 151 Å². The number of hydrogen-bond donors (Lipinski definition) is 2. The number of anilines is 3. The Balaban J connectivity index is 1.62. The second-order valence-corrected chi connectivity index (χ2v) is 6.94. The Bertz CT molecular complexity index is 936. The smallest absolute Gasteiger partial charge is 0.227 e. The maximum absolute atomic E-state index is 9.71. The molecular formula is C18H23N7O. The highest BCUT2D eigenvalue weighted by Gasteiger charge is 2.22. The number of nitrogens with one attached hydrogen (secondary N) is 1. The zero-order chi connectivity index (χ0) is 18.3. The number of pyridine rings is 1. The fourth-order valence-corrected chi connectivity index (χ4v) is 3.46. The Kier molecular flexibility index (Phi) is 4.20. The van der Waals surface area contributed by atoms with Crippen molar-refractivity contribution in [1.29, 1.82) is 0 Å². The van der Waals surface area contributed by atoms with Crippen molar-refractivity contribution in [2.45, 2.75) is 39.3 Å². The van der Waals surface area contributed by atoms with Gasteiger partial charge in [0.2, 0.25) is 5.95 Å². The quantitative estimate of drug-likeness (QED) is 0.744. The first-order valence-electron chi connectivity index (χ1n) is 8.89. The van der Waals surface area contributed by atoms with Crippen LogP contribution in [0.4, 0.5) is 17.6 Å². The highest BCUT2D eigenvalue weighted by atomic mass is 16.3. The first-order valence-corrected chi connectivity index (χ1v) is 8.89. The van der Waals surface area contributed by atoms with E-state index in [1.54, 1.807) is 12.4 Å². The molecule has 8 nitrogen and oxygen atoms in total. The van der Waals surface area contributed by atoms with Gasteiger partial charge in [-0.2, -0.15) is 4.98 Å². The van der Waals surface area contributed by atoms with E-state index in [0.717, 1.165) is 29.8 Å². The van der Waals surface area contributed by atoms with Gasteiger partial charge in [-0.15, -0.1) is 0 Å². The average molecular weight is 353 g/mol. The van der Waals surface area contributed by atoms with Gasteiger partial charge in [-0.1, -0.05) is 0 Å². The maximum atomic E-state index is 9.71. The number of nitrogens with zero attached hydrogens (tertiary/aromatic N) is 6. The van der Waals surface area contributed by atoms with E-state index in [1.165, 1.54) is 0 Å². The zero-order valence-electron chi connectivity index (χ0n) is 15.2. The number of aryl methyl sites for hydroxylation is 1. The van der Waals surface area contributed by atoms with Gasteiger partial charge in [0.05, 0.1) is 17.8 Å². The molecule has 136 valence electrons. The highest BCUT2D eigenvalue weighted by molar-refractivity contribution is 5.79. The third kappa shape index (κ3) is 3.08. The van der Waals surface area contributed by atoms with Gasteiger partial charge < -0.3 is 19.9 Å². The molecule has 1 aliphatic rings. The van der Waals surface area contributed by atoms with Crippen LogP contribution in [0.1, 0.15) is 32.1 Å². The van der Waals surface area contributed by atoms with Gasteiger partial charge in [-0.05, 0) is 33.3 Å². The number of imidazole rings is 1. The summed E-state index contributed by atoms with van der Waals surface area (Å²) in [6.45, 7) is 7.63. The molecule has 3 aromatic rings. The Hall–Kier alpha value is -2.74. The number of aliphatic hydroxyl groups is 1. The lowest BCUT2D eigenvalue weighted by Gasteiger charge is -2.16. The standard InChI is InChI=1S/C18H23N7O/c1-11(2)25-12(3)21-14-9-20-17(8-15(14)25)22-16-4-6-19-18(23-16)24-7-5-13(26)10-24/h4,6,8-9,11,13,26H,5,7,10H2,1-3H3,(H,19,20,22,23)/t13-/m1/s1. The van der Waals surface area contributed by atoms with E-state index in [0.29, 0.717) is 30.2 Å². The van der Waals surface area contributed by atoms with Crippen molar-refractivity contribution in [1.82, 2.24) is 24.5 Å². The van der Waals surface area contributed by atoms with Crippen LogP contribution in [0.25, 0.3) is 11.0 Å². The lowest BCUT2D eigenvalue weighted by Crippen LogP contribution is -2.23. The van der Waals surface area contributed by atoms with Crippen LogP contribution in [0.3, 0.4) is 0 Å². The van der Waals surface area contributed by atoms with Gasteiger partial charge in [0, 0.05) is 31.4 Å². The van der Waals surface area contributed by atoms with E-state index in [4.69, 9.17) is 0 Å². The molecule has 0 spiro atoms. The summed E-state index contributed by atoms with van der Waals surface area (Å²) in [5.74, 6) is 2.99. The molecule has 0 saturated carbocycles. The van der Waals surface area contributed by atoms with E-state index in [-0.39, 0.29) is 6.10 Å². The van der Waals surface area contributed by atoms with Crippen molar-refractivity contribution < 1.29 is 5.11 Å². The summed E-state index contributed by atoms with van der Waals surface area (Å²) in [6, 6.07) is 4.13. The van der Waals surface area contributed by atoms with E-state index in [1.807, 2.05) is 24.0 Å². The minimum Gasteiger partial charge on any atom is -0.391 e. The molecule has 4 rings (SSSR count). The molecule has 0 aliphatic carbocycles. The van der Waals surface area contributed by atoms with Crippen LogP contribution in [0.15, 0.2) is 24.5 Å². The Morgan fingerprint density at radius 3 is 2.81 bits per heavy atom. The first kappa shape index (κ1) is 16.7. The molecule has 0 bridgehead atoms. The number of hydrogen-bond acceptors (Lipinski definition) is 7. The second kappa shape index (κ2) is 6.53. The number of fused-ring (bicyclic) bond motifs is 1. The Morgan fingerprint density at radius 2 is 2.08 bits per heavy atom. The van der Waals surface area contributed by atoms with Crippen LogP contribution >= 0.6 is 0 Å². The number of β-amino-alcohol motifs (C(OH)–C–C–N with tert-alkyl or cyclic N) is 1. The first-order chi connectivity index (χ1) is 12.5. The summed E-state index contributed by atoms with van der Waals surface area (Å²) in [5, 5.41) is 13.0. The fourth-order valence-electron chi connectivity index (χ4n) is 3.46. The topological polar surface area (TPSA) is 92.0 Å². The normalized spacial score (nSPS) is 17.4. The highest BCUT2D eigenvalue weighted by Crippen LogP contribution is 2.24. The lowest BCUT2D eigenvalue weighted by molar-refractivity contribution is 0.198. The molecule has 1 atom stereocenters. The molecule has 1 aliphatic heterocycles. The molecule has 0 unspecified atom stereocenters. The van der Waals surface area contributed by atoms with Gasteiger partial charge in [-0.3, -0.25) is 0 Å². The SMILES string of the molecule is Cc1nc2cnc(Nc3ccnc(N4CC[C@@H](O)C4)n3)cc2n1C(C)C.